The molecule has 0 bridgehead atoms. The smallest absolute Gasteiger partial charge is 0.433 e. The molecular weight excluding hydrogens is 451 g/mol. The van der Waals surface area contributed by atoms with Crippen LogP contribution in [0.5, 0.6) is 5.88 Å². The molecule has 178 valence electrons. The molecule has 4 aromatic rings. The van der Waals surface area contributed by atoms with Crippen LogP contribution in [0.2, 0.25) is 0 Å². The molecular formula is C22H22F3N7O2. The van der Waals surface area contributed by atoms with E-state index in [9.17, 15) is 13.2 Å². The molecule has 0 radical (unpaired) electrons. The molecule has 34 heavy (non-hydrogen) atoms. The number of aromatic amines is 1. The van der Waals surface area contributed by atoms with E-state index in [2.05, 4.69) is 25.4 Å². The highest BCUT2D eigenvalue weighted by Crippen LogP contribution is 2.40. The van der Waals surface area contributed by atoms with E-state index in [0.29, 0.717) is 30.9 Å². The first-order chi connectivity index (χ1) is 16.3. The lowest BCUT2D eigenvalue weighted by atomic mass is 9.75. The Morgan fingerprint density at radius 3 is 2.74 bits per heavy atom. The highest BCUT2D eigenvalue weighted by atomic mass is 19.4. The number of aryl methyl sites for hydroxylation is 1. The molecule has 3 N–H and O–H groups in total. The zero-order valence-corrected chi connectivity index (χ0v) is 18.3. The molecule has 0 amide bonds. The highest BCUT2D eigenvalue weighted by Gasteiger charge is 2.42. The second-order valence-corrected chi connectivity index (χ2v) is 8.33. The fourth-order valence-corrected chi connectivity index (χ4v) is 4.10. The van der Waals surface area contributed by atoms with Gasteiger partial charge in [0.25, 0.3) is 0 Å². The van der Waals surface area contributed by atoms with Crippen LogP contribution in [0.3, 0.4) is 0 Å². The average Bonchev–Trinajstić information content (AvgIpc) is 3.40. The number of hydrogen-bond acceptors (Lipinski definition) is 7. The van der Waals surface area contributed by atoms with Crippen molar-refractivity contribution < 1.29 is 22.6 Å². The Kier molecular flexibility index (Phi) is 5.48. The van der Waals surface area contributed by atoms with Crippen molar-refractivity contribution in [3.8, 4) is 17.1 Å². The van der Waals surface area contributed by atoms with Gasteiger partial charge in [0, 0.05) is 36.4 Å². The molecule has 9 nitrogen and oxygen atoms in total. The number of fused-ring (bicyclic) bond motifs is 1. The summed E-state index contributed by atoms with van der Waals surface area (Å²) < 4.78 is 53.4. The first kappa shape index (κ1) is 22.3. The number of ether oxygens (including phenoxy) is 2. The predicted molar refractivity (Wildman–Crippen MR) is 116 cm³/mol. The lowest BCUT2D eigenvalue weighted by Crippen LogP contribution is -2.49. The number of alkyl halides is 3. The van der Waals surface area contributed by atoms with E-state index in [4.69, 9.17) is 15.2 Å². The average molecular weight is 473 g/mol. The number of nitrogens with one attached hydrogen (secondary N) is 1. The van der Waals surface area contributed by atoms with Crippen LogP contribution in [0.1, 0.15) is 17.1 Å². The zero-order valence-electron chi connectivity index (χ0n) is 18.3. The normalized spacial score (nSPS) is 15.4. The number of pyridine rings is 1. The maximum Gasteiger partial charge on any atom is 0.433 e. The molecule has 0 spiro atoms. The first-order valence-corrected chi connectivity index (χ1v) is 10.6. The van der Waals surface area contributed by atoms with Crippen LogP contribution in [-0.2, 0) is 29.8 Å². The molecule has 0 saturated carbocycles. The van der Waals surface area contributed by atoms with Crippen LogP contribution in [0.25, 0.3) is 22.2 Å². The summed E-state index contributed by atoms with van der Waals surface area (Å²) in [7, 11) is 1.88. The molecule has 0 unspecified atom stereocenters. The van der Waals surface area contributed by atoms with E-state index < -0.39 is 11.9 Å². The quantitative estimate of drug-likeness (QED) is 0.424. The minimum absolute atomic E-state index is 0.0256. The number of nitrogens with zero attached hydrogens (tertiary/aromatic N) is 5. The van der Waals surface area contributed by atoms with Crippen molar-refractivity contribution in [1.82, 2.24) is 29.9 Å². The second kappa shape index (κ2) is 8.37. The number of nitrogens with two attached hydrogens (primary N) is 1. The Morgan fingerprint density at radius 1 is 1.26 bits per heavy atom. The minimum Gasteiger partial charge on any atom is -0.475 e. The molecule has 4 heterocycles. The topological polar surface area (TPSA) is 117 Å². The molecule has 1 aromatic carbocycles. The van der Waals surface area contributed by atoms with Crippen molar-refractivity contribution in [2.45, 2.75) is 18.0 Å². The fraction of sp³-hybridized carbons (Fsp3) is 0.364. The van der Waals surface area contributed by atoms with Crippen LogP contribution >= 0.6 is 0 Å². The van der Waals surface area contributed by atoms with Crippen LogP contribution in [-0.4, -0.2) is 56.3 Å². The number of aromatic nitrogens is 6. The molecule has 0 aliphatic carbocycles. The standard InChI is InChI=1S/C22H22F3N7O2/c1-32-12-27-29-17(32)9-21(10-33-11-21)14-4-2-3-13(7-14)18-15-8-16(22(23,24)25)28-20(34-6-5-26)19(15)31-30-18/h2-4,7-8,12H,5-6,9-11,26H2,1H3,(H,30,31). The van der Waals surface area contributed by atoms with Gasteiger partial charge >= 0.3 is 6.18 Å². The van der Waals surface area contributed by atoms with E-state index in [1.165, 1.54) is 0 Å². The molecule has 5 rings (SSSR count). The molecule has 0 atom stereocenters. The Labute approximate surface area is 192 Å². The van der Waals surface area contributed by atoms with Crippen molar-refractivity contribution >= 4 is 10.9 Å². The van der Waals surface area contributed by atoms with Gasteiger partial charge < -0.3 is 19.8 Å². The molecule has 3 aromatic heterocycles. The number of benzene rings is 1. The Balaban J connectivity index is 1.58. The van der Waals surface area contributed by atoms with Gasteiger partial charge in [0.05, 0.1) is 13.2 Å². The summed E-state index contributed by atoms with van der Waals surface area (Å²) in [4.78, 5) is 3.64. The number of rotatable bonds is 7. The van der Waals surface area contributed by atoms with Crippen molar-refractivity contribution in [3.63, 3.8) is 0 Å². The van der Waals surface area contributed by atoms with E-state index in [1.807, 2.05) is 35.9 Å². The lowest BCUT2D eigenvalue weighted by Gasteiger charge is -2.41. The summed E-state index contributed by atoms with van der Waals surface area (Å²) in [6.45, 7) is 1.17. The van der Waals surface area contributed by atoms with Crippen LogP contribution in [0.15, 0.2) is 36.7 Å². The SMILES string of the molecule is Cn1cnnc1CC1(c2cccc(-c3n[nH]c4c(OCCN)nc(C(F)(F)F)cc34)c2)COC1. The van der Waals surface area contributed by atoms with Gasteiger partial charge in [0.1, 0.15) is 35.7 Å². The summed E-state index contributed by atoms with van der Waals surface area (Å²) in [6, 6.07) is 8.57. The summed E-state index contributed by atoms with van der Waals surface area (Å²) in [6.07, 6.45) is -2.38. The molecule has 1 aliphatic heterocycles. The van der Waals surface area contributed by atoms with E-state index >= 15 is 0 Å². The summed E-state index contributed by atoms with van der Waals surface area (Å²) in [5, 5.41) is 15.5. The van der Waals surface area contributed by atoms with Gasteiger partial charge in [0.2, 0.25) is 5.88 Å². The van der Waals surface area contributed by atoms with E-state index in [1.54, 1.807) is 6.33 Å². The van der Waals surface area contributed by atoms with Gasteiger partial charge in [0.15, 0.2) is 0 Å². The largest absolute Gasteiger partial charge is 0.475 e. The second-order valence-electron chi connectivity index (χ2n) is 8.33. The summed E-state index contributed by atoms with van der Waals surface area (Å²) in [5.74, 6) is 0.637. The minimum atomic E-state index is -4.64. The molecule has 12 heteroatoms. The Bertz CT molecular complexity index is 1330. The van der Waals surface area contributed by atoms with Crippen molar-refractivity contribution in [3.05, 3.63) is 53.7 Å². The molecule has 1 fully saturated rings. The third kappa shape index (κ3) is 3.88. The number of hydrogen-bond donors (Lipinski definition) is 2. The molecule has 1 aliphatic rings. The van der Waals surface area contributed by atoms with Crippen molar-refractivity contribution in [1.29, 1.82) is 0 Å². The Morgan fingerprint density at radius 2 is 2.09 bits per heavy atom. The maximum absolute atomic E-state index is 13.5. The summed E-state index contributed by atoms with van der Waals surface area (Å²) >= 11 is 0. The van der Waals surface area contributed by atoms with Gasteiger partial charge in [-0.25, -0.2) is 4.98 Å². The third-order valence-electron chi connectivity index (χ3n) is 5.97. The van der Waals surface area contributed by atoms with Gasteiger partial charge in [-0.05, 0) is 17.7 Å². The van der Waals surface area contributed by atoms with Gasteiger partial charge in [-0.1, -0.05) is 18.2 Å². The lowest BCUT2D eigenvalue weighted by molar-refractivity contribution is -0.141. The van der Waals surface area contributed by atoms with Gasteiger partial charge in [-0.15, -0.1) is 10.2 Å². The monoisotopic (exact) mass is 473 g/mol. The van der Waals surface area contributed by atoms with E-state index in [0.717, 1.165) is 17.5 Å². The third-order valence-corrected chi connectivity index (χ3v) is 5.97. The zero-order chi connectivity index (χ0) is 23.9. The van der Waals surface area contributed by atoms with Crippen molar-refractivity contribution in [2.75, 3.05) is 26.4 Å². The summed E-state index contributed by atoms with van der Waals surface area (Å²) in [5.41, 5.74) is 6.39. The van der Waals surface area contributed by atoms with Gasteiger partial charge in [-0.3, -0.25) is 5.10 Å². The van der Waals surface area contributed by atoms with E-state index in [-0.39, 0.29) is 35.3 Å². The van der Waals surface area contributed by atoms with Gasteiger partial charge in [-0.2, -0.15) is 18.3 Å². The first-order valence-electron chi connectivity index (χ1n) is 10.6. The van der Waals surface area contributed by atoms with Crippen LogP contribution in [0, 0.1) is 0 Å². The molecule has 1 saturated heterocycles. The van der Waals surface area contributed by atoms with Crippen LogP contribution < -0.4 is 10.5 Å². The Hall–Kier alpha value is -3.51. The fourth-order valence-electron chi connectivity index (χ4n) is 4.10. The maximum atomic E-state index is 13.5. The van der Waals surface area contributed by atoms with Crippen LogP contribution in [0.4, 0.5) is 13.2 Å². The predicted octanol–water partition coefficient (Wildman–Crippen LogP) is 2.62. The number of halogens is 3. The highest BCUT2D eigenvalue weighted by molar-refractivity contribution is 5.95. The number of H-pyrrole nitrogens is 1. The van der Waals surface area contributed by atoms with Crippen molar-refractivity contribution in [2.24, 2.45) is 12.8 Å².